The molecule has 0 bridgehead atoms. The summed E-state index contributed by atoms with van der Waals surface area (Å²) in [6, 6.07) is 5.28. The SMILES string of the molecule is Fc1c(Br)cccc1-c1cc(Cl)nc(C(F)(F)F)n1. The summed E-state index contributed by atoms with van der Waals surface area (Å²) in [6.07, 6.45) is -4.75. The van der Waals surface area contributed by atoms with Crippen molar-refractivity contribution in [3.8, 4) is 11.3 Å². The van der Waals surface area contributed by atoms with Crippen LogP contribution in [-0.4, -0.2) is 9.97 Å². The van der Waals surface area contributed by atoms with Crippen molar-refractivity contribution in [2.75, 3.05) is 0 Å². The number of alkyl halides is 3. The van der Waals surface area contributed by atoms with Crippen LogP contribution in [0.25, 0.3) is 11.3 Å². The summed E-state index contributed by atoms with van der Waals surface area (Å²) in [7, 11) is 0. The van der Waals surface area contributed by atoms with E-state index in [1.165, 1.54) is 18.2 Å². The molecule has 1 heterocycles. The van der Waals surface area contributed by atoms with Crippen LogP contribution in [-0.2, 0) is 6.18 Å². The molecule has 2 aromatic rings. The lowest BCUT2D eigenvalue weighted by molar-refractivity contribution is -0.144. The smallest absolute Gasteiger partial charge is 0.224 e. The third-order valence-corrected chi connectivity index (χ3v) is 2.98. The third-order valence-electron chi connectivity index (χ3n) is 2.18. The van der Waals surface area contributed by atoms with Crippen LogP contribution in [0.5, 0.6) is 0 Å². The van der Waals surface area contributed by atoms with Crippen molar-refractivity contribution in [1.82, 2.24) is 9.97 Å². The molecule has 8 heteroatoms. The minimum absolute atomic E-state index is 0.0934. The second-order valence-corrected chi connectivity index (χ2v) is 4.74. The highest BCUT2D eigenvalue weighted by atomic mass is 79.9. The average molecular weight is 356 g/mol. The van der Waals surface area contributed by atoms with Crippen LogP contribution in [0.1, 0.15) is 5.82 Å². The van der Waals surface area contributed by atoms with Crippen LogP contribution in [0.4, 0.5) is 17.6 Å². The van der Waals surface area contributed by atoms with Crippen LogP contribution < -0.4 is 0 Å². The van der Waals surface area contributed by atoms with Gasteiger partial charge in [-0.1, -0.05) is 17.7 Å². The number of aromatic nitrogens is 2. The Morgan fingerprint density at radius 1 is 1.16 bits per heavy atom. The van der Waals surface area contributed by atoms with Crippen molar-refractivity contribution in [1.29, 1.82) is 0 Å². The van der Waals surface area contributed by atoms with Crippen LogP contribution in [0.3, 0.4) is 0 Å². The first-order valence-corrected chi connectivity index (χ1v) is 6.02. The lowest BCUT2D eigenvalue weighted by Gasteiger charge is -2.09. The highest BCUT2D eigenvalue weighted by Gasteiger charge is 2.35. The molecule has 0 atom stereocenters. The summed E-state index contributed by atoms with van der Waals surface area (Å²) in [5.74, 6) is -2.13. The van der Waals surface area contributed by atoms with Crippen molar-refractivity contribution >= 4 is 27.5 Å². The van der Waals surface area contributed by atoms with Gasteiger partial charge < -0.3 is 0 Å². The molecule has 0 saturated heterocycles. The molecule has 0 radical (unpaired) electrons. The number of hydrogen-bond acceptors (Lipinski definition) is 2. The summed E-state index contributed by atoms with van der Waals surface area (Å²) in [5, 5.41) is -0.406. The van der Waals surface area contributed by atoms with Crippen molar-refractivity contribution in [3.63, 3.8) is 0 Å². The number of benzene rings is 1. The van der Waals surface area contributed by atoms with Gasteiger partial charge in [0, 0.05) is 11.6 Å². The van der Waals surface area contributed by atoms with E-state index in [-0.39, 0.29) is 15.7 Å². The molecule has 0 fully saturated rings. The lowest BCUT2D eigenvalue weighted by Crippen LogP contribution is -2.11. The maximum atomic E-state index is 13.8. The molecule has 0 aliphatic rings. The summed E-state index contributed by atoms with van der Waals surface area (Å²) in [6.45, 7) is 0. The van der Waals surface area contributed by atoms with Crippen molar-refractivity contribution < 1.29 is 17.6 Å². The number of rotatable bonds is 1. The molecule has 0 unspecified atom stereocenters. The Balaban J connectivity index is 2.63. The number of nitrogens with zero attached hydrogens (tertiary/aromatic N) is 2. The molecular formula is C11H4BrClF4N2. The fraction of sp³-hybridized carbons (Fsp3) is 0.0909. The fourth-order valence-electron chi connectivity index (χ4n) is 1.38. The van der Waals surface area contributed by atoms with Gasteiger partial charge in [-0.15, -0.1) is 0 Å². The Hall–Kier alpha value is -1.21. The predicted molar refractivity (Wildman–Crippen MR) is 65.1 cm³/mol. The van der Waals surface area contributed by atoms with Gasteiger partial charge in [0.15, 0.2) is 0 Å². The first-order chi connectivity index (χ1) is 8.79. The van der Waals surface area contributed by atoms with Crippen molar-refractivity contribution in [3.05, 3.63) is 45.5 Å². The molecule has 1 aromatic heterocycles. The maximum absolute atomic E-state index is 13.8. The Kier molecular flexibility index (Phi) is 3.78. The number of halogens is 6. The van der Waals surface area contributed by atoms with E-state index in [9.17, 15) is 17.6 Å². The van der Waals surface area contributed by atoms with Crippen LogP contribution in [0.15, 0.2) is 28.7 Å². The fourth-order valence-corrected chi connectivity index (χ4v) is 1.93. The molecule has 2 rings (SSSR count). The monoisotopic (exact) mass is 354 g/mol. The van der Waals surface area contributed by atoms with Crippen molar-refractivity contribution in [2.45, 2.75) is 6.18 Å². The molecule has 0 N–H and O–H groups in total. The van der Waals surface area contributed by atoms with Gasteiger partial charge in [0.05, 0.1) is 10.2 Å². The molecule has 1 aromatic carbocycles. The van der Waals surface area contributed by atoms with E-state index in [2.05, 4.69) is 25.9 Å². The van der Waals surface area contributed by atoms with Crippen molar-refractivity contribution in [2.24, 2.45) is 0 Å². The quantitative estimate of drug-likeness (QED) is 0.546. The largest absolute Gasteiger partial charge is 0.451 e. The van der Waals surface area contributed by atoms with E-state index in [0.29, 0.717) is 0 Å². The zero-order valence-corrected chi connectivity index (χ0v) is 11.3. The first-order valence-electron chi connectivity index (χ1n) is 4.85. The summed E-state index contributed by atoms with van der Waals surface area (Å²) >= 11 is 8.46. The Bertz CT molecular complexity index is 631. The Morgan fingerprint density at radius 3 is 2.47 bits per heavy atom. The lowest BCUT2D eigenvalue weighted by atomic mass is 10.1. The van der Waals surface area contributed by atoms with Gasteiger partial charge in [-0.3, -0.25) is 0 Å². The van der Waals surface area contributed by atoms with E-state index in [4.69, 9.17) is 11.6 Å². The minimum Gasteiger partial charge on any atom is -0.224 e. The summed E-state index contributed by atoms with van der Waals surface area (Å²) in [4.78, 5) is 6.37. The Labute approximate surface area is 118 Å². The standard InChI is InChI=1S/C11H4BrClF4N2/c12-6-3-1-2-5(9(6)14)7-4-8(13)19-10(18-7)11(15,16)17/h1-4H. The number of hydrogen-bond donors (Lipinski definition) is 0. The summed E-state index contributed by atoms with van der Waals surface area (Å²) in [5.41, 5.74) is -0.324. The van der Waals surface area contributed by atoms with E-state index >= 15 is 0 Å². The Morgan fingerprint density at radius 2 is 1.84 bits per heavy atom. The molecule has 0 aliphatic heterocycles. The predicted octanol–water partition coefficient (Wildman–Crippen LogP) is 4.72. The van der Waals surface area contributed by atoms with Gasteiger partial charge in [0.2, 0.25) is 5.82 Å². The molecule has 100 valence electrons. The van der Waals surface area contributed by atoms with Crippen LogP contribution >= 0.6 is 27.5 Å². The first kappa shape index (κ1) is 14.2. The van der Waals surface area contributed by atoms with Gasteiger partial charge in [0.25, 0.3) is 0 Å². The molecule has 0 spiro atoms. The van der Waals surface area contributed by atoms with Gasteiger partial charge in [-0.25, -0.2) is 14.4 Å². The van der Waals surface area contributed by atoms with E-state index < -0.39 is 23.0 Å². The average Bonchev–Trinajstić information content (AvgIpc) is 2.31. The van der Waals surface area contributed by atoms with E-state index in [0.717, 1.165) is 6.07 Å². The van der Waals surface area contributed by atoms with Gasteiger partial charge in [-0.2, -0.15) is 13.2 Å². The summed E-state index contributed by atoms with van der Waals surface area (Å²) < 4.78 is 51.6. The van der Waals surface area contributed by atoms with Gasteiger partial charge >= 0.3 is 6.18 Å². The molecule has 0 saturated carbocycles. The zero-order chi connectivity index (χ0) is 14.2. The normalized spacial score (nSPS) is 11.7. The molecule has 0 amide bonds. The molecule has 0 aliphatic carbocycles. The third kappa shape index (κ3) is 3.03. The van der Waals surface area contributed by atoms with Gasteiger partial charge in [0.1, 0.15) is 11.0 Å². The second-order valence-electron chi connectivity index (χ2n) is 3.50. The molecule has 19 heavy (non-hydrogen) atoms. The molecular weight excluding hydrogens is 351 g/mol. The van der Waals surface area contributed by atoms with Crippen LogP contribution in [0.2, 0.25) is 5.15 Å². The molecule has 2 nitrogen and oxygen atoms in total. The maximum Gasteiger partial charge on any atom is 0.451 e. The van der Waals surface area contributed by atoms with E-state index in [1.807, 2.05) is 0 Å². The highest BCUT2D eigenvalue weighted by Crippen LogP contribution is 2.32. The topological polar surface area (TPSA) is 25.8 Å². The second kappa shape index (κ2) is 5.05. The zero-order valence-electron chi connectivity index (χ0n) is 8.97. The minimum atomic E-state index is -4.75. The highest BCUT2D eigenvalue weighted by molar-refractivity contribution is 9.10. The van der Waals surface area contributed by atoms with E-state index in [1.54, 1.807) is 0 Å². The van der Waals surface area contributed by atoms with Gasteiger partial charge in [-0.05, 0) is 28.1 Å². The van der Waals surface area contributed by atoms with Crippen LogP contribution in [0, 0.1) is 5.82 Å².